The number of fused-ring (bicyclic) bond motifs is 1. The third kappa shape index (κ3) is 5.78. The molecular formula is C28H28N4O2. The van der Waals surface area contributed by atoms with Gasteiger partial charge in [0.15, 0.2) is 17.3 Å². The molecule has 0 atom stereocenters. The summed E-state index contributed by atoms with van der Waals surface area (Å²) in [7, 11) is 1.62. The number of nitrogens with zero attached hydrogens (tertiary/aromatic N) is 3. The highest BCUT2D eigenvalue weighted by Crippen LogP contribution is 2.28. The summed E-state index contributed by atoms with van der Waals surface area (Å²) in [5, 5.41) is 5.51. The minimum Gasteiger partial charge on any atom is -0.493 e. The summed E-state index contributed by atoms with van der Waals surface area (Å²) in [6, 6.07) is 25.7. The van der Waals surface area contributed by atoms with Crippen molar-refractivity contribution < 1.29 is 9.47 Å². The van der Waals surface area contributed by atoms with Crippen LogP contribution in [-0.2, 0) is 0 Å². The fourth-order valence-electron chi connectivity index (χ4n) is 3.37. The molecule has 0 spiro atoms. The summed E-state index contributed by atoms with van der Waals surface area (Å²) in [5.74, 6) is 1.91. The molecule has 0 aliphatic rings. The molecule has 0 amide bonds. The highest BCUT2D eigenvalue weighted by molar-refractivity contribution is 6.00. The van der Waals surface area contributed by atoms with Crippen LogP contribution in [0.5, 0.6) is 11.5 Å². The first-order valence-corrected chi connectivity index (χ1v) is 11.2. The first-order valence-electron chi connectivity index (χ1n) is 11.2. The van der Waals surface area contributed by atoms with Gasteiger partial charge in [-0.25, -0.2) is 9.98 Å². The fourth-order valence-corrected chi connectivity index (χ4v) is 3.37. The van der Waals surface area contributed by atoms with Gasteiger partial charge in [-0.15, -0.1) is 0 Å². The predicted octanol–water partition coefficient (Wildman–Crippen LogP) is 6.04. The Hall–Kier alpha value is -4.19. The third-order valence-electron chi connectivity index (χ3n) is 5.05. The van der Waals surface area contributed by atoms with Gasteiger partial charge in [0.25, 0.3) is 0 Å². The number of aromatic nitrogens is 1. The van der Waals surface area contributed by atoms with E-state index >= 15 is 0 Å². The predicted molar refractivity (Wildman–Crippen MR) is 139 cm³/mol. The molecule has 6 nitrogen and oxygen atoms in total. The molecule has 0 aliphatic carbocycles. The van der Waals surface area contributed by atoms with E-state index in [0.29, 0.717) is 23.0 Å². The first-order chi connectivity index (χ1) is 16.5. The normalized spacial score (nSPS) is 11.9. The van der Waals surface area contributed by atoms with Gasteiger partial charge in [-0.1, -0.05) is 42.0 Å². The van der Waals surface area contributed by atoms with E-state index in [0.717, 1.165) is 22.2 Å². The number of benzene rings is 3. The smallest absolute Gasteiger partial charge is 0.173 e. The van der Waals surface area contributed by atoms with Crippen LogP contribution in [0.15, 0.2) is 89.0 Å². The van der Waals surface area contributed by atoms with Crippen LogP contribution < -0.4 is 14.9 Å². The standard InChI is InChI=1S/C28H28N4O2/c1-19(2)34-26-16-11-21(17-27(26)33-4)18-29-32-28(30-23-13-9-20(3)10-14-23)25-15-12-22-7-5-6-8-24(22)31-25/h5-19H,1-4H3,(H,30,32). The Morgan fingerprint density at radius 1 is 0.941 bits per heavy atom. The summed E-state index contributed by atoms with van der Waals surface area (Å²) in [4.78, 5) is 9.55. The number of nitrogens with one attached hydrogen (secondary N) is 1. The van der Waals surface area contributed by atoms with Crippen LogP contribution in [0.1, 0.15) is 30.7 Å². The van der Waals surface area contributed by atoms with Gasteiger partial charge in [0.2, 0.25) is 0 Å². The average molecular weight is 453 g/mol. The molecule has 0 radical (unpaired) electrons. The van der Waals surface area contributed by atoms with Crippen LogP contribution in [0.25, 0.3) is 10.9 Å². The lowest BCUT2D eigenvalue weighted by atomic mass is 10.2. The van der Waals surface area contributed by atoms with Crippen molar-refractivity contribution in [2.45, 2.75) is 26.9 Å². The Morgan fingerprint density at radius 3 is 2.50 bits per heavy atom. The minimum absolute atomic E-state index is 0.0603. The maximum atomic E-state index is 5.79. The highest BCUT2D eigenvalue weighted by atomic mass is 16.5. The second kappa shape index (κ2) is 10.6. The SMILES string of the molecule is COc1cc(C=NNC(=Nc2ccc(C)cc2)c2ccc3ccccc3n2)ccc1OC(C)C. The Labute approximate surface area is 200 Å². The molecule has 0 unspecified atom stereocenters. The van der Waals surface area contributed by atoms with Gasteiger partial charge in [0.05, 0.1) is 30.6 Å². The molecule has 1 aromatic heterocycles. The van der Waals surface area contributed by atoms with Gasteiger partial charge < -0.3 is 9.47 Å². The van der Waals surface area contributed by atoms with E-state index in [4.69, 9.17) is 19.5 Å². The molecule has 4 aromatic rings. The lowest BCUT2D eigenvalue weighted by Gasteiger charge is -2.13. The average Bonchev–Trinajstić information content (AvgIpc) is 2.85. The largest absolute Gasteiger partial charge is 0.493 e. The summed E-state index contributed by atoms with van der Waals surface area (Å²) in [6.45, 7) is 6.01. The molecule has 6 heteroatoms. The zero-order valence-electron chi connectivity index (χ0n) is 19.8. The number of amidine groups is 1. The van der Waals surface area contributed by atoms with Gasteiger partial charge in [-0.2, -0.15) is 5.10 Å². The zero-order valence-corrected chi connectivity index (χ0v) is 19.8. The van der Waals surface area contributed by atoms with Crippen molar-refractivity contribution in [3.05, 3.63) is 95.7 Å². The van der Waals surface area contributed by atoms with Gasteiger partial charge >= 0.3 is 0 Å². The second-order valence-electron chi connectivity index (χ2n) is 8.13. The van der Waals surface area contributed by atoms with E-state index in [-0.39, 0.29) is 6.10 Å². The Morgan fingerprint density at radius 2 is 1.74 bits per heavy atom. The van der Waals surface area contributed by atoms with Gasteiger partial charge in [-0.05, 0) is 68.8 Å². The molecule has 172 valence electrons. The van der Waals surface area contributed by atoms with E-state index in [9.17, 15) is 0 Å². The zero-order chi connectivity index (χ0) is 23.9. The van der Waals surface area contributed by atoms with Crippen LogP contribution in [-0.4, -0.2) is 30.2 Å². The van der Waals surface area contributed by atoms with E-state index in [1.165, 1.54) is 5.56 Å². The molecule has 1 heterocycles. The molecule has 0 bridgehead atoms. The number of rotatable bonds is 7. The number of hydrogen-bond donors (Lipinski definition) is 1. The van der Waals surface area contributed by atoms with Crippen LogP contribution in [0.3, 0.4) is 0 Å². The van der Waals surface area contributed by atoms with Crippen molar-refractivity contribution in [3.8, 4) is 11.5 Å². The number of hydrogen-bond acceptors (Lipinski definition) is 5. The van der Waals surface area contributed by atoms with Crippen LogP contribution in [0.4, 0.5) is 5.69 Å². The van der Waals surface area contributed by atoms with Crippen molar-refractivity contribution in [1.29, 1.82) is 0 Å². The molecule has 0 saturated heterocycles. The number of ether oxygens (including phenoxy) is 2. The molecule has 0 fully saturated rings. The van der Waals surface area contributed by atoms with Crippen molar-refractivity contribution in [2.24, 2.45) is 10.1 Å². The molecule has 0 aliphatic heterocycles. The fraction of sp³-hybridized carbons (Fsp3) is 0.179. The lowest BCUT2D eigenvalue weighted by molar-refractivity contribution is 0.230. The lowest BCUT2D eigenvalue weighted by Crippen LogP contribution is -2.20. The maximum absolute atomic E-state index is 5.79. The molecule has 3 aromatic carbocycles. The monoisotopic (exact) mass is 452 g/mol. The van der Waals surface area contributed by atoms with Gasteiger partial charge in [-0.3, -0.25) is 5.43 Å². The third-order valence-corrected chi connectivity index (χ3v) is 5.05. The number of hydrazone groups is 1. The number of pyridine rings is 1. The van der Waals surface area contributed by atoms with E-state index in [1.807, 2.05) is 99.6 Å². The Balaban J connectivity index is 1.63. The molecule has 1 N–H and O–H groups in total. The summed E-state index contributed by atoms with van der Waals surface area (Å²) < 4.78 is 11.3. The number of para-hydroxylation sites is 1. The Bertz CT molecular complexity index is 1330. The minimum atomic E-state index is 0.0603. The van der Waals surface area contributed by atoms with Crippen molar-refractivity contribution in [2.75, 3.05) is 7.11 Å². The molecule has 34 heavy (non-hydrogen) atoms. The van der Waals surface area contributed by atoms with Crippen molar-refractivity contribution in [1.82, 2.24) is 10.4 Å². The molecule has 4 rings (SSSR count). The topological polar surface area (TPSA) is 68.1 Å². The van der Waals surface area contributed by atoms with Crippen molar-refractivity contribution >= 4 is 28.6 Å². The second-order valence-corrected chi connectivity index (χ2v) is 8.13. The summed E-state index contributed by atoms with van der Waals surface area (Å²) in [5.41, 5.74) is 7.53. The van der Waals surface area contributed by atoms with E-state index in [1.54, 1.807) is 13.3 Å². The van der Waals surface area contributed by atoms with Crippen molar-refractivity contribution in [3.63, 3.8) is 0 Å². The summed E-state index contributed by atoms with van der Waals surface area (Å²) >= 11 is 0. The number of aliphatic imine (C=N–C) groups is 1. The molecule has 0 saturated carbocycles. The first kappa shape index (κ1) is 23.0. The highest BCUT2D eigenvalue weighted by Gasteiger charge is 2.08. The number of methoxy groups -OCH3 is 1. The quantitative estimate of drug-likeness (QED) is 0.211. The maximum Gasteiger partial charge on any atom is 0.173 e. The van der Waals surface area contributed by atoms with E-state index in [2.05, 4.69) is 10.5 Å². The van der Waals surface area contributed by atoms with Crippen LogP contribution in [0.2, 0.25) is 0 Å². The van der Waals surface area contributed by atoms with Gasteiger partial charge in [0.1, 0.15) is 5.69 Å². The number of aryl methyl sites for hydroxylation is 1. The van der Waals surface area contributed by atoms with E-state index < -0.39 is 0 Å². The molecular weight excluding hydrogens is 424 g/mol. The van der Waals surface area contributed by atoms with Crippen LogP contribution >= 0.6 is 0 Å². The Kier molecular flexibility index (Phi) is 7.18. The van der Waals surface area contributed by atoms with Gasteiger partial charge in [0, 0.05) is 5.39 Å². The van der Waals surface area contributed by atoms with Crippen LogP contribution in [0, 0.1) is 6.92 Å². The summed E-state index contributed by atoms with van der Waals surface area (Å²) in [6.07, 6.45) is 1.78.